The summed E-state index contributed by atoms with van der Waals surface area (Å²) >= 11 is 0. The minimum absolute atomic E-state index is 0.0649. The lowest BCUT2D eigenvalue weighted by Crippen LogP contribution is -2.28. The minimum atomic E-state index is -5.08. The molecule has 3 N–H and O–H groups in total. The van der Waals surface area contributed by atoms with Gasteiger partial charge in [-0.25, -0.2) is 14.6 Å². The van der Waals surface area contributed by atoms with Gasteiger partial charge in [-0.2, -0.15) is 26.3 Å². The molecule has 1 aromatic rings. The number of pyridine rings is 1. The molecule has 0 saturated carbocycles. The average molecular weight is 547 g/mol. The molecular weight excluding hydrogens is 514 g/mol. The number of carbonyl (C=O) groups is 3. The van der Waals surface area contributed by atoms with Crippen LogP contribution in [0.2, 0.25) is 0 Å². The van der Waals surface area contributed by atoms with Gasteiger partial charge in [-0.3, -0.25) is 4.79 Å². The van der Waals surface area contributed by atoms with Crippen molar-refractivity contribution in [2.75, 3.05) is 45.7 Å². The van der Waals surface area contributed by atoms with Crippen molar-refractivity contribution in [3.8, 4) is 0 Å². The molecule has 1 aliphatic heterocycles. The molecule has 0 spiro atoms. The Hall–Kier alpha value is -3.10. The Bertz CT molecular complexity index is 896. The van der Waals surface area contributed by atoms with Gasteiger partial charge in [0.25, 0.3) is 5.91 Å². The highest BCUT2D eigenvalue weighted by Crippen LogP contribution is 2.23. The molecule has 0 unspecified atom stereocenters. The summed E-state index contributed by atoms with van der Waals surface area (Å²) in [5.74, 6) is -4.08. The molecule has 9 nitrogen and oxygen atoms in total. The standard InChI is InChI=1S/C18H30N4O.2C2HF3O2/c1-13(2)6-9-22-10-7-14-12-15(18(23)19-3)17(21(4)5)20-16(14)8-11-22;2*3-2(4,5)1(6)7/h12-13H,6-11H2,1-5H3,(H,19,23);2*(H,6,7). The molecule has 0 fully saturated rings. The fraction of sp³-hybridized carbons (Fsp3) is 0.636. The van der Waals surface area contributed by atoms with Gasteiger partial charge in [0.2, 0.25) is 0 Å². The topological polar surface area (TPSA) is 123 Å². The first-order valence-electron chi connectivity index (χ1n) is 11.1. The van der Waals surface area contributed by atoms with Crippen LogP contribution in [0.15, 0.2) is 6.07 Å². The summed E-state index contributed by atoms with van der Waals surface area (Å²) in [4.78, 5) is 39.2. The fourth-order valence-electron chi connectivity index (χ4n) is 2.98. The molecule has 0 aromatic carbocycles. The number of nitrogens with zero attached hydrogens (tertiary/aromatic N) is 3. The van der Waals surface area contributed by atoms with Crippen molar-refractivity contribution in [2.45, 2.75) is 45.5 Å². The molecule has 0 saturated heterocycles. The van der Waals surface area contributed by atoms with Crippen LogP contribution in [-0.2, 0) is 22.4 Å². The van der Waals surface area contributed by atoms with Gasteiger partial charge in [-0.15, -0.1) is 0 Å². The number of carboxylic acids is 2. The number of hydrogen-bond donors (Lipinski definition) is 3. The first-order valence-corrected chi connectivity index (χ1v) is 11.1. The van der Waals surface area contributed by atoms with Gasteiger partial charge in [0.15, 0.2) is 0 Å². The van der Waals surface area contributed by atoms with Crippen molar-refractivity contribution >= 4 is 23.7 Å². The smallest absolute Gasteiger partial charge is 0.475 e. The van der Waals surface area contributed by atoms with Crippen LogP contribution >= 0.6 is 0 Å². The van der Waals surface area contributed by atoms with Gasteiger partial charge in [-0.05, 0) is 36.9 Å². The molecule has 212 valence electrons. The zero-order valence-electron chi connectivity index (χ0n) is 21.1. The number of rotatable bonds is 5. The molecule has 1 amide bonds. The molecule has 2 heterocycles. The number of carbonyl (C=O) groups excluding carboxylic acids is 1. The lowest BCUT2D eigenvalue weighted by Gasteiger charge is -2.20. The van der Waals surface area contributed by atoms with E-state index in [-0.39, 0.29) is 5.91 Å². The van der Waals surface area contributed by atoms with E-state index in [4.69, 9.17) is 24.8 Å². The Labute approximate surface area is 210 Å². The Morgan fingerprint density at radius 1 is 1.03 bits per heavy atom. The molecule has 0 atom stereocenters. The van der Waals surface area contributed by atoms with E-state index in [0.29, 0.717) is 5.56 Å². The van der Waals surface area contributed by atoms with Gasteiger partial charge in [-0.1, -0.05) is 13.8 Å². The van der Waals surface area contributed by atoms with Crippen molar-refractivity contribution in [3.05, 3.63) is 22.9 Å². The molecule has 15 heteroatoms. The number of halogens is 6. The fourth-order valence-corrected chi connectivity index (χ4v) is 2.98. The number of aliphatic carboxylic acids is 2. The summed E-state index contributed by atoms with van der Waals surface area (Å²) in [7, 11) is 5.54. The van der Waals surface area contributed by atoms with Crippen molar-refractivity contribution in [3.63, 3.8) is 0 Å². The predicted octanol–water partition coefficient (Wildman–Crippen LogP) is 3.22. The van der Waals surface area contributed by atoms with Gasteiger partial charge >= 0.3 is 24.3 Å². The van der Waals surface area contributed by atoms with Crippen LogP contribution in [0.4, 0.5) is 32.2 Å². The van der Waals surface area contributed by atoms with Crippen LogP contribution < -0.4 is 10.2 Å². The number of anilines is 1. The van der Waals surface area contributed by atoms with E-state index in [1.807, 2.05) is 25.1 Å². The summed E-state index contributed by atoms with van der Waals surface area (Å²) in [6, 6.07) is 2.04. The Morgan fingerprint density at radius 2 is 1.49 bits per heavy atom. The zero-order valence-corrected chi connectivity index (χ0v) is 21.1. The zero-order chi connectivity index (χ0) is 29.1. The number of alkyl halides is 6. The number of fused-ring (bicyclic) bond motifs is 1. The SMILES string of the molecule is CNC(=O)c1cc2c(nc1N(C)C)CCN(CCC(C)C)CC2.O=C(O)C(F)(F)F.O=C(O)C(F)(F)F. The maximum atomic E-state index is 12.2. The van der Waals surface area contributed by atoms with Crippen LogP contribution in [0.1, 0.15) is 41.9 Å². The molecule has 37 heavy (non-hydrogen) atoms. The largest absolute Gasteiger partial charge is 0.490 e. The lowest BCUT2D eigenvalue weighted by atomic mass is 10.0. The van der Waals surface area contributed by atoms with E-state index >= 15 is 0 Å². The second-order valence-corrected chi connectivity index (χ2v) is 8.57. The Balaban J connectivity index is 0.000000761. The quantitative estimate of drug-likeness (QED) is 0.482. The Morgan fingerprint density at radius 3 is 1.86 bits per heavy atom. The predicted molar refractivity (Wildman–Crippen MR) is 123 cm³/mol. The van der Waals surface area contributed by atoms with Crippen LogP contribution in [0.5, 0.6) is 0 Å². The molecule has 1 aliphatic rings. The van der Waals surface area contributed by atoms with E-state index in [9.17, 15) is 31.1 Å². The van der Waals surface area contributed by atoms with Crippen molar-refractivity contribution in [1.82, 2.24) is 15.2 Å². The average Bonchev–Trinajstić information content (AvgIpc) is 2.97. The van der Waals surface area contributed by atoms with Crippen LogP contribution in [0.25, 0.3) is 0 Å². The number of carboxylic acid groups (broad SMARTS) is 2. The van der Waals surface area contributed by atoms with Crippen molar-refractivity contribution in [2.24, 2.45) is 5.92 Å². The van der Waals surface area contributed by atoms with Crippen molar-refractivity contribution < 1.29 is 50.9 Å². The second-order valence-electron chi connectivity index (χ2n) is 8.57. The number of hydrogen-bond acceptors (Lipinski definition) is 6. The van der Waals surface area contributed by atoms with Crippen LogP contribution in [0, 0.1) is 5.92 Å². The monoisotopic (exact) mass is 546 g/mol. The third-order valence-corrected chi connectivity index (χ3v) is 4.94. The maximum Gasteiger partial charge on any atom is 0.490 e. The van der Waals surface area contributed by atoms with E-state index in [1.165, 1.54) is 12.0 Å². The molecule has 1 aromatic heterocycles. The summed E-state index contributed by atoms with van der Waals surface area (Å²) in [5, 5.41) is 17.0. The third kappa shape index (κ3) is 12.6. The van der Waals surface area contributed by atoms with E-state index in [0.717, 1.165) is 49.9 Å². The van der Waals surface area contributed by atoms with Gasteiger partial charge in [0.1, 0.15) is 5.82 Å². The molecule has 0 aliphatic carbocycles. The highest BCUT2D eigenvalue weighted by molar-refractivity contribution is 5.99. The lowest BCUT2D eigenvalue weighted by molar-refractivity contribution is -0.193. The first-order chi connectivity index (χ1) is 16.8. The third-order valence-electron chi connectivity index (χ3n) is 4.94. The molecular formula is C22H32F6N4O5. The normalized spacial score (nSPS) is 13.7. The summed E-state index contributed by atoms with van der Waals surface area (Å²) in [6.07, 6.45) is -7.00. The summed E-state index contributed by atoms with van der Waals surface area (Å²) in [6.45, 7) is 7.80. The van der Waals surface area contributed by atoms with Crippen LogP contribution in [-0.4, -0.2) is 91.1 Å². The molecule has 0 radical (unpaired) electrons. The summed E-state index contributed by atoms with van der Waals surface area (Å²) in [5.41, 5.74) is 3.04. The Kier molecular flexibility index (Phi) is 13.4. The molecule has 2 rings (SSSR count). The van der Waals surface area contributed by atoms with Gasteiger partial charge < -0.3 is 25.3 Å². The number of nitrogens with one attached hydrogen (secondary N) is 1. The number of aromatic nitrogens is 1. The maximum absolute atomic E-state index is 12.2. The first kappa shape index (κ1) is 33.9. The number of amides is 1. The van der Waals surface area contributed by atoms with Gasteiger partial charge in [0, 0.05) is 46.3 Å². The summed E-state index contributed by atoms with van der Waals surface area (Å²) < 4.78 is 63.5. The van der Waals surface area contributed by atoms with E-state index in [2.05, 4.69) is 24.1 Å². The van der Waals surface area contributed by atoms with Gasteiger partial charge in [0.05, 0.1) is 5.56 Å². The second kappa shape index (κ2) is 14.6. The highest BCUT2D eigenvalue weighted by Gasteiger charge is 2.38. The van der Waals surface area contributed by atoms with Crippen molar-refractivity contribution in [1.29, 1.82) is 0 Å². The molecule has 0 bridgehead atoms. The van der Waals surface area contributed by atoms with Crippen LogP contribution in [0.3, 0.4) is 0 Å². The minimum Gasteiger partial charge on any atom is -0.475 e. The van der Waals surface area contributed by atoms with E-state index in [1.54, 1.807) is 7.05 Å². The van der Waals surface area contributed by atoms with E-state index < -0.39 is 24.3 Å². The highest BCUT2D eigenvalue weighted by atomic mass is 19.4.